The highest BCUT2D eigenvalue weighted by molar-refractivity contribution is 9.10. The predicted octanol–water partition coefficient (Wildman–Crippen LogP) is 2.82. The minimum Gasteiger partial charge on any atom is -0.481 e. The van der Waals surface area contributed by atoms with E-state index < -0.39 is 5.97 Å². The van der Waals surface area contributed by atoms with Crippen LogP contribution in [0.25, 0.3) is 11.0 Å². The average molecular weight is 255 g/mol. The van der Waals surface area contributed by atoms with Gasteiger partial charge in [0.1, 0.15) is 5.58 Å². The van der Waals surface area contributed by atoms with E-state index in [4.69, 9.17) is 9.52 Å². The molecule has 2 rings (SSSR count). The van der Waals surface area contributed by atoms with Crippen molar-refractivity contribution >= 4 is 32.9 Å². The van der Waals surface area contributed by atoms with Crippen molar-refractivity contribution in [3.05, 3.63) is 34.5 Å². The third kappa shape index (κ3) is 1.65. The smallest absolute Gasteiger partial charge is 0.307 e. The summed E-state index contributed by atoms with van der Waals surface area (Å²) < 4.78 is 5.97. The Labute approximate surface area is 88.5 Å². The first-order chi connectivity index (χ1) is 6.66. The van der Waals surface area contributed by atoms with Crippen LogP contribution in [-0.2, 0) is 11.2 Å². The number of furan rings is 1. The topological polar surface area (TPSA) is 50.4 Å². The third-order valence-electron chi connectivity index (χ3n) is 1.94. The van der Waals surface area contributed by atoms with Gasteiger partial charge < -0.3 is 9.52 Å². The molecule has 0 spiro atoms. The molecule has 1 N–H and O–H groups in total. The van der Waals surface area contributed by atoms with Crippen molar-refractivity contribution in [2.24, 2.45) is 0 Å². The molecule has 0 saturated heterocycles. The van der Waals surface area contributed by atoms with Crippen molar-refractivity contribution in [1.82, 2.24) is 0 Å². The van der Waals surface area contributed by atoms with Gasteiger partial charge >= 0.3 is 5.97 Å². The molecule has 0 aliphatic rings. The number of rotatable bonds is 2. The SMILES string of the molecule is O=C(O)Cc1cccc2cc(Br)oc12. The largest absolute Gasteiger partial charge is 0.481 e. The fourth-order valence-corrected chi connectivity index (χ4v) is 1.80. The number of carboxylic acids is 1. The number of benzene rings is 1. The van der Waals surface area contributed by atoms with E-state index in [2.05, 4.69) is 15.9 Å². The van der Waals surface area contributed by atoms with E-state index in [9.17, 15) is 4.79 Å². The lowest BCUT2D eigenvalue weighted by Crippen LogP contribution is -1.99. The monoisotopic (exact) mass is 254 g/mol. The minimum atomic E-state index is -0.856. The van der Waals surface area contributed by atoms with Crippen LogP contribution >= 0.6 is 15.9 Å². The van der Waals surface area contributed by atoms with Gasteiger partial charge in [0.15, 0.2) is 4.67 Å². The first-order valence-electron chi connectivity index (χ1n) is 4.05. The Kier molecular flexibility index (Phi) is 2.29. The van der Waals surface area contributed by atoms with Crippen molar-refractivity contribution < 1.29 is 14.3 Å². The second kappa shape index (κ2) is 3.46. The molecular formula is C10H7BrO3. The molecule has 0 amide bonds. The Hall–Kier alpha value is -1.29. The molecule has 14 heavy (non-hydrogen) atoms. The first kappa shape index (κ1) is 9.27. The summed E-state index contributed by atoms with van der Waals surface area (Å²) in [6.45, 7) is 0. The molecule has 0 radical (unpaired) electrons. The van der Waals surface area contributed by atoms with E-state index in [0.29, 0.717) is 15.8 Å². The summed E-state index contributed by atoms with van der Waals surface area (Å²) in [5.41, 5.74) is 1.34. The van der Waals surface area contributed by atoms with Gasteiger partial charge in [0, 0.05) is 10.9 Å². The lowest BCUT2D eigenvalue weighted by atomic mass is 10.1. The van der Waals surface area contributed by atoms with Gasteiger partial charge in [-0.3, -0.25) is 4.79 Å². The summed E-state index contributed by atoms with van der Waals surface area (Å²) in [6, 6.07) is 7.28. The zero-order valence-corrected chi connectivity index (χ0v) is 8.74. The van der Waals surface area contributed by atoms with Crippen LogP contribution in [0, 0.1) is 0 Å². The quantitative estimate of drug-likeness (QED) is 0.897. The van der Waals surface area contributed by atoms with Crippen LogP contribution < -0.4 is 0 Å². The predicted molar refractivity (Wildman–Crippen MR) is 55.3 cm³/mol. The molecule has 0 fully saturated rings. The van der Waals surface area contributed by atoms with E-state index in [0.717, 1.165) is 5.39 Å². The summed E-state index contributed by atoms with van der Waals surface area (Å²) in [7, 11) is 0. The van der Waals surface area contributed by atoms with E-state index in [-0.39, 0.29) is 6.42 Å². The van der Waals surface area contributed by atoms with Crippen LogP contribution in [0.15, 0.2) is 33.4 Å². The van der Waals surface area contributed by atoms with Crippen LogP contribution in [0.4, 0.5) is 0 Å². The molecule has 0 unspecified atom stereocenters. The number of hydrogen-bond donors (Lipinski definition) is 1. The molecule has 0 atom stereocenters. The van der Waals surface area contributed by atoms with Gasteiger partial charge in [-0.25, -0.2) is 0 Å². The van der Waals surface area contributed by atoms with E-state index >= 15 is 0 Å². The van der Waals surface area contributed by atoms with Crippen LogP contribution in [-0.4, -0.2) is 11.1 Å². The zero-order valence-electron chi connectivity index (χ0n) is 7.16. The number of halogens is 1. The third-order valence-corrected chi connectivity index (χ3v) is 2.33. The van der Waals surface area contributed by atoms with Crippen LogP contribution in [0.1, 0.15) is 5.56 Å². The van der Waals surface area contributed by atoms with E-state index in [1.165, 1.54) is 0 Å². The maximum Gasteiger partial charge on any atom is 0.307 e. The Morgan fingerprint density at radius 2 is 2.29 bits per heavy atom. The summed E-state index contributed by atoms with van der Waals surface area (Å²) in [6.07, 6.45) is -0.0166. The molecule has 2 aromatic rings. The van der Waals surface area contributed by atoms with Gasteiger partial charge in [0.05, 0.1) is 6.42 Å². The Balaban J connectivity index is 2.58. The molecule has 1 aromatic heterocycles. The molecule has 3 nitrogen and oxygen atoms in total. The maximum absolute atomic E-state index is 10.6. The van der Waals surface area contributed by atoms with Crippen LogP contribution in [0.2, 0.25) is 0 Å². The molecule has 1 aromatic carbocycles. The number of para-hydroxylation sites is 1. The van der Waals surface area contributed by atoms with Gasteiger partial charge in [-0.1, -0.05) is 18.2 Å². The highest BCUT2D eigenvalue weighted by Crippen LogP contribution is 2.26. The van der Waals surface area contributed by atoms with E-state index in [1.807, 2.05) is 18.2 Å². The summed E-state index contributed by atoms with van der Waals surface area (Å²) in [5.74, 6) is -0.856. The second-order valence-corrected chi connectivity index (χ2v) is 3.74. The highest BCUT2D eigenvalue weighted by atomic mass is 79.9. The number of carboxylic acid groups (broad SMARTS) is 1. The summed E-state index contributed by atoms with van der Waals surface area (Å²) >= 11 is 3.21. The fraction of sp³-hybridized carbons (Fsp3) is 0.100. The molecule has 72 valence electrons. The summed E-state index contributed by atoms with van der Waals surface area (Å²) in [4.78, 5) is 10.6. The van der Waals surface area contributed by atoms with Crippen LogP contribution in [0.5, 0.6) is 0 Å². The van der Waals surface area contributed by atoms with Crippen molar-refractivity contribution in [2.75, 3.05) is 0 Å². The molecule has 1 heterocycles. The fourth-order valence-electron chi connectivity index (χ4n) is 1.39. The van der Waals surface area contributed by atoms with Crippen molar-refractivity contribution in [2.45, 2.75) is 6.42 Å². The Morgan fingerprint density at radius 1 is 1.50 bits per heavy atom. The average Bonchev–Trinajstić information content (AvgIpc) is 2.45. The normalized spacial score (nSPS) is 10.6. The molecule has 0 aliphatic heterocycles. The first-order valence-corrected chi connectivity index (χ1v) is 4.85. The minimum absolute atomic E-state index is 0.0166. The molecule has 0 saturated carbocycles. The highest BCUT2D eigenvalue weighted by Gasteiger charge is 2.09. The second-order valence-electron chi connectivity index (χ2n) is 2.96. The Bertz CT molecular complexity index is 487. The van der Waals surface area contributed by atoms with Gasteiger partial charge in [0.25, 0.3) is 0 Å². The summed E-state index contributed by atoms with van der Waals surface area (Å²) in [5, 5.41) is 9.59. The Morgan fingerprint density at radius 3 is 3.00 bits per heavy atom. The lowest BCUT2D eigenvalue weighted by Gasteiger charge is -1.97. The van der Waals surface area contributed by atoms with Crippen molar-refractivity contribution in [3.63, 3.8) is 0 Å². The molecular weight excluding hydrogens is 248 g/mol. The molecule has 0 bridgehead atoms. The number of carbonyl (C=O) groups is 1. The number of aliphatic carboxylic acids is 1. The zero-order chi connectivity index (χ0) is 10.1. The number of hydrogen-bond acceptors (Lipinski definition) is 2. The molecule has 0 aliphatic carbocycles. The standard InChI is InChI=1S/C10H7BrO3/c11-8-4-6-2-1-3-7(5-9(12)13)10(6)14-8/h1-4H,5H2,(H,12,13). The number of fused-ring (bicyclic) bond motifs is 1. The van der Waals surface area contributed by atoms with Crippen LogP contribution in [0.3, 0.4) is 0 Å². The van der Waals surface area contributed by atoms with Crippen molar-refractivity contribution in [3.8, 4) is 0 Å². The van der Waals surface area contributed by atoms with Gasteiger partial charge in [-0.15, -0.1) is 0 Å². The molecule has 4 heteroatoms. The van der Waals surface area contributed by atoms with Gasteiger partial charge in [0.2, 0.25) is 0 Å². The maximum atomic E-state index is 10.6. The van der Waals surface area contributed by atoms with Gasteiger partial charge in [-0.05, 0) is 22.0 Å². The van der Waals surface area contributed by atoms with E-state index in [1.54, 1.807) is 6.07 Å². The lowest BCUT2D eigenvalue weighted by molar-refractivity contribution is -0.136. The van der Waals surface area contributed by atoms with Gasteiger partial charge in [-0.2, -0.15) is 0 Å². The van der Waals surface area contributed by atoms with Crippen molar-refractivity contribution in [1.29, 1.82) is 0 Å².